The maximum Gasteiger partial charge on any atom is 0.349 e. The zero-order valence-electron chi connectivity index (χ0n) is 28.7. The number of nitrogens with one attached hydrogen (secondary N) is 1. The minimum absolute atomic E-state index is 0.00466. The van der Waals surface area contributed by atoms with Crippen LogP contribution in [0.15, 0.2) is 60.7 Å². The molecule has 0 spiro atoms. The van der Waals surface area contributed by atoms with Crippen LogP contribution in [0.1, 0.15) is 35.7 Å². The van der Waals surface area contributed by atoms with Crippen molar-refractivity contribution in [2.24, 2.45) is 0 Å². The van der Waals surface area contributed by atoms with Crippen molar-refractivity contribution < 1.29 is 28.7 Å². The summed E-state index contributed by atoms with van der Waals surface area (Å²) >= 11 is 13.4. The lowest BCUT2D eigenvalue weighted by Gasteiger charge is -2.30. The number of fused-ring (bicyclic) bond motifs is 2. The number of carbonyl (C=O) groups excluding carboxylic acids is 3. The summed E-state index contributed by atoms with van der Waals surface area (Å²) in [5.41, 5.74) is 8.78. The van der Waals surface area contributed by atoms with E-state index >= 15 is 0 Å². The van der Waals surface area contributed by atoms with Gasteiger partial charge in [-0.2, -0.15) is 0 Å². The molecule has 11 nitrogen and oxygen atoms in total. The predicted octanol–water partition coefficient (Wildman–Crippen LogP) is 6.29. The zero-order valence-corrected chi connectivity index (χ0v) is 30.2. The lowest BCUT2D eigenvalue weighted by molar-refractivity contribution is -0.145. The largest absolute Gasteiger partial charge is 0.487 e. The summed E-state index contributed by atoms with van der Waals surface area (Å²) in [6, 6.07) is 16.9. The number of hydroxylamine groups is 1. The molecule has 51 heavy (non-hydrogen) atoms. The van der Waals surface area contributed by atoms with Crippen LogP contribution in [0.2, 0.25) is 10.0 Å². The highest BCUT2D eigenvalue weighted by Crippen LogP contribution is 2.37. The fraction of sp³-hybridized carbons (Fsp3) is 0.316. The second kappa shape index (κ2) is 16.1. The maximum atomic E-state index is 13.1. The van der Waals surface area contributed by atoms with Crippen molar-refractivity contribution in [2.75, 3.05) is 61.1 Å². The molecule has 3 aromatic carbocycles. The van der Waals surface area contributed by atoms with Crippen LogP contribution in [0, 0.1) is 6.92 Å². The summed E-state index contributed by atoms with van der Waals surface area (Å²) in [5, 5.41) is 1.62. The number of hydrogen-bond donors (Lipinski definition) is 1. The van der Waals surface area contributed by atoms with Crippen LogP contribution in [0.4, 0.5) is 17.1 Å². The van der Waals surface area contributed by atoms with Crippen molar-refractivity contribution in [3.8, 4) is 5.75 Å². The third-order valence-electron chi connectivity index (χ3n) is 8.94. The molecular weight excluding hydrogens is 693 g/mol. The molecule has 3 heterocycles. The molecule has 1 N–H and O–H groups in total. The molecular formula is C38H39Cl2N5O6. The van der Waals surface area contributed by atoms with E-state index in [-0.39, 0.29) is 24.1 Å². The first-order valence-corrected chi connectivity index (χ1v) is 17.5. The van der Waals surface area contributed by atoms with Crippen molar-refractivity contribution in [3.05, 3.63) is 93.1 Å². The molecule has 0 unspecified atom stereocenters. The maximum absolute atomic E-state index is 13.1. The van der Waals surface area contributed by atoms with Crippen LogP contribution in [0.3, 0.4) is 0 Å². The Bertz CT molecular complexity index is 2000. The van der Waals surface area contributed by atoms with Gasteiger partial charge in [-0.05, 0) is 73.4 Å². The quantitative estimate of drug-likeness (QED) is 0.149. The lowest BCUT2D eigenvalue weighted by atomic mass is 9.99. The molecule has 266 valence electrons. The minimum Gasteiger partial charge on any atom is -0.487 e. The first kappa shape index (κ1) is 36.1. The Labute approximate surface area is 306 Å². The number of anilines is 3. The number of aryl methyl sites for hydroxylation is 2. The first-order chi connectivity index (χ1) is 24.6. The van der Waals surface area contributed by atoms with E-state index in [9.17, 15) is 14.4 Å². The molecule has 1 saturated heterocycles. The average Bonchev–Trinajstić information content (AvgIpc) is 3.13. The van der Waals surface area contributed by atoms with E-state index in [2.05, 4.69) is 16.4 Å². The molecule has 2 aliphatic rings. The Kier molecular flexibility index (Phi) is 11.4. The molecule has 0 atom stereocenters. The van der Waals surface area contributed by atoms with Gasteiger partial charge in [0.05, 0.1) is 23.9 Å². The summed E-state index contributed by atoms with van der Waals surface area (Å²) < 4.78 is 11.8. The van der Waals surface area contributed by atoms with E-state index in [1.807, 2.05) is 43.3 Å². The van der Waals surface area contributed by atoms with Crippen molar-refractivity contribution in [2.45, 2.75) is 33.3 Å². The standard InChI is InChI=1S/C38H39Cl2N5O6/c1-24-20-33(44-16-18-49-19-17-44)28-7-4-8-34(38(28)42-24)50-23-29-30(39)11-13-32(37(29)40)43(3)35(47)22-41-51-36(48)14-10-26-9-12-31-27(21-26)6-5-15-45(31)25(2)46/h4,7-14,20-21,41H,5-6,15-19,22-23H2,1-3H3/b14-10+. The molecule has 0 radical (unpaired) electrons. The number of amides is 2. The van der Waals surface area contributed by atoms with E-state index in [1.54, 1.807) is 37.1 Å². The molecule has 0 saturated carbocycles. The highest BCUT2D eigenvalue weighted by molar-refractivity contribution is 6.38. The fourth-order valence-electron chi connectivity index (χ4n) is 6.31. The summed E-state index contributed by atoms with van der Waals surface area (Å²) in [7, 11) is 1.57. The molecule has 0 bridgehead atoms. The van der Waals surface area contributed by atoms with Gasteiger partial charge in [-0.15, -0.1) is 5.48 Å². The van der Waals surface area contributed by atoms with Gasteiger partial charge >= 0.3 is 5.97 Å². The normalized spacial score (nSPS) is 14.5. The topological polar surface area (TPSA) is 114 Å². The van der Waals surface area contributed by atoms with Crippen LogP contribution in [-0.4, -0.2) is 69.2 Å². The Balaban J connectivity index is 1.07. The Morgan fingerprint density at radius 1 is 1.04 bits per heavy atom. The number of para-hydroxylation sites is 1. The highest BCUT2D eigenvalue weighted by Gasteiger charge is 2.22. The van der Waals surface area contributed by atoms with Gasteiger partial charge in [0.25, 0.3) is 0 Å². The van der Waals surface area contributed by atoms with Gasteiger partial charge in [0.1, 0.15) is 24.4 Å². The number of likely N-dealkylation sites (N-methyl/N-ethyl adjacent to an activating group) is 1. The SMILES string of the molecule is CC(=O)N1CCCc2cc(/C=C/C(=O)ONCC(=O)N(C)c3ccc(Cl)c(COc4cccc5c(N6CCOCC6)cc(C)nc45)c3Cl)ccc21. The third-order valence-corrected chi connectivity index (χ3v) is 9.72. The number of halogens is 2. The van der Waals surface area contributed by atoms with E-state index in [0.29, 0.717) is 41.8 Å². The fourth-order valence-corrected chi connectivity index (χ4v) is 6.91. The minimum atomic E-state index is -0.673. The number of hydrogen-bond acceptors (Lipinski definition) is 9. The molecule has 0 aliphatic carbocycles. The van der Waals surface area contributed by atoms with Crippen LogP contribution in [0.5, 0.6) is 5.75 Å². The monoisotopic (exact) mass is 731 g/mol. The number of nitrogens with zero attached hydrogens (tertiary/aromatic N) is 4. The van der Waals surface area contributed by atoms with Crippen LogP contribution in [-0.2, 0) is 37.0 Å². The Hall–Kier alpha value is -4.68. The smallest absolute Gasteiger partial charge is 0.349 e. The van der Waals surface area contributed by atoms with Gasteiger partial charge in [-0.1, -0.05) is 41.4 Å². The summed E-state index contributed by atoms with van der Waals surface area (Å²) in [5.74, 6) is -0.492. The van der Waals surface area contributed by atoms with Crippen molar-refractivity contribution in [1.29, 1.82) is 0 Å². The van der Waals surface area contributed by atoms with Gasteiger partial charge < -0.3 is 29.0 Å². The van der Waals surface area contributed by atoms with Gasteiger partial charge in [0.2, 0.25) is 11.8 Å². The van der Waals surface area contributed by atoms with Crippen LogP contribution < -0.4 is 24.9 Å². The summed E-state index contributed by atoms with van der Waals surface area (Å²) in [6.07, 6.45) is 4.63. The molecule has 2 aliphatic heterocycles. The van der Waals surface area contributed by atoms with Crippen molar-refractivity contribution in [3.63, 3.8) is 0 Å². The number of carbonyl (C=O) groups is 3. The molecule has 1 fully saturated rings. The average molecular weight is 733 g/mol. The van der Waals surface area contributed by atoms with Gasteiger partial charge in [0.15, 0.2) is 0 Å². The van der Waals surface area contributed by atoms with E-state index in [4.69, 9.17) is 42.5 Å². The van der Waals surface area contributed by atoms with Gasteiger partial charge in [0, 0.05) is 72.7 Å². The second-order valence-electron chi connectivity index (χ2n) is 12.4. The van der Waals surface area contributed by atoms with Crippen molar-refractivity contribution in [1.82, 2.24) is 10.5 Å². The third kappa shape index (κ3) is 8.28. The van der Waals surface area contributed by atoms with E-state index in [0.717, 1.165) is 65.0 Å². The van der Waals surface area contributed by atoms with Crippen LogP contribution >= 0.6 is 23.2 Å². The predicted molar refractivity (Wildman–Crippen MR) is 200 cm³/mol. The van der Waals surface area contributed by atoms with Crippen LogP contribution in [0.25, 0.3) is 17.0 Å². The number of aromatic nitrogens is 1. The second-order valence-corrected chi connectivity index (χ2v) is 13.2. The number of ether oxygens (including phenoxy) is 2. The molecule has 1 aromatic heterocycles. The molecule has 6 rings (SSSR count). The number of morpholine rings is 1. The first-order valence-electron chi connectivity index (χ1n) is 16.7. The number of benzene rings is 3. The van der Waals surface area contributed by atoms with Gasteiger partial charge in [-0.3, -0.25) is 9.59 Å². The zero-order chi connectivity index (χ0) is 36.1. The van der Waals surface area contributed by atoms with Gasteiger partial charge in [-0.25, -0.2) is 9.78 Å². The van der Waals surface area contributed by atoms with E-state index in [1.165, 1.54) is 11.0 Å². The Morgan fingerprint density at radius 2 is 1.84 bits per heavy atom. The Morgan fingerprint density at radius 3 is 2.63 bits per heavy atom. The molecule has 2 amide bonds. The molecule has 13 heteroatoms. The molecule has 4 aromatic rings. The van der Waals surface area contributed by atoms with Crippen molar-refractivity contribution >= 4 is 75.0 Å². The number of rotatable bonds is 10. The number of pyridine rings is 1. The summed E-state index contributed by atoms with van der Waals surface area (Å²) in [6.45, 7) is 6.88. The lowest BCUT2D eigenvalue weighted by Crippen LogP contribution is -2.36. The van der Waals surface area contributed by atoms with E-state index < -0.39 is 11.9 Å². The highest BCUT2D eigenvalue weighted by atomic mass is 35.5. The summed E-state index contributed by atoms with van der Waals surface area (Å²) in [4.78, 5) is 52.7.